The van der Waals surface area contributed by atoms with E-state index in [0.29, 0.717) is 22.5 Å². The lowest BCUT2D eigenvalue weighted by atomic mass is 10.0. The number of H-pyrrole nitrogens is 1. The van der Waals surface area contributed by atoms with Crippen LogP contribution < -0.4 is 10.2 Å². The van der Waals surface area contributed by atoms with Crippen molar-refractivity contribution in [1.29, 1.82) is 0 Å². The largest absolute Gasteiger partial charge is 0.433 e. The number of hydrogen-bond acceptors (Lipinski definition) is 6. The van der Waals surface area contributed by atoms with Gasteiger partial charge in [-0.05, 0) is 42.0 Å². The summed E-state index contributed by atoms with van der Waals surface area (Å²) in [4.78, 5) is 20.6. The van der Waals surface area contributed by atoms with Crippen LogP contribution in [0.15, 0.2) is 96.7 Å². The lowest BCUT2D eigenvalue weighted by Gasteiger charge is -2.19. The Labute approximate surface area is 244 Å². The van der Waals surface area contributed by atoms with Crippen molar-refractivity contribution in [2.45, 2.75) is 18.8 Å². The third-order valence-electron chi connectivity index (χ3n) is 6.70. The molecule has 5 aromatic heterocycles. The number of nitrogens with one attached hydrogen (secondary N) is 1. The molecule has 0 fully saturated rings. The predicted octanol–water partition coefficient (Wildman–Crippen LogP) is 4.66. The molecule has 1 N–H and O–H groups in total. The Morgan fingerprint density at radius 1 is 1.00 bits per heavy atom. The Bertz CT molecular complexity index is 1950. The summed E-state index contributed by atoms with van der Waals surface area (Å²) in [5.41, 5.74) is 0.774. The lowest BCUT2D eigenvalue weighted by molar-refractivity contribution is -0.659. The number of hydrogen-bond donors (Lipinski definition) is 1. The molecule has 5 heterocycles. The Morgan fingerprint density at radius 3 is 2.58 bits per heavy atom. The molecular weight excluding hydrogens is 590 g/mol. The number of aromatic nitrogens is 9. The molecule has 0 saturated carbocycles. The van der Waals surface area contributed by atoms with Gasteiger partial charge >= 0.3 is 6.18 Å². The molecule has 0 aliphatic heterocycles. The van der Waals surface area contributed by atoms with Gasteiger partial charge in [-0.1, -0.05) is 28.9 Å². The summed E-state index contributed by atoms with van der Waals surface area (Å²) in [6, 6.07) is 12.8. The first kappa shape index (κ1) is 27.9. The molecular formula is C28H19ClF4N9O+. The zero-order valence-corrected chi connectivity index (χ0v) is 22.6. The van der Waals surface area contributed by atoms with Gasteiger partial charge in [0, 0.05) is 42.0 Å². The summed E-state index contributed by atoms with van der Waals surface area (Å²) < 4.78 is 59.5. The van der Waals surface area contributed by atoms with Gasteiger partial charge in [-0.2, -0.15) is 18.3 Å². The van der Waals surface area contributed by atoms with Crippen molar-refractivity contribution in [2.75, 3.05) is 0 Å². The van der Waals surface area contributed by atoms with E-state index >= 15 is 4.39 Å². The Kier molecular flexibility index (Phi) is 7.27. The highest BCUT2D eigenvalue weighted by Gasteiger charge is 2.32. The summed E-state index contributed by atoms with van der Waals surface area (Å²) in [7, 11) is 0. The number of nitrogens with zero attached hydrogens (tertiary/aromatic N) is 8. The average Bonchev–Trinajstić information content (AvgIpc) is 3.71. The molecule has 6 aromatic rings. The van der Waals surface area contributed by atoms with Gasteiger partial charge in [0.1, 0.15) is 22.5 Å². The summed E-state index contributed by atoms with van der Waals surface area (Å²) in [6.07, 6.45) is 3.91. The summed E-state index contributed by atoms with van der Waals surface area (Å²) in [6.45, 7) is 0.101. The fourth-order valence-electron chi connectivity index (χ4n) is 4.59. The highest BCUT2D eigenvalue weighted by Crippen LogP contribution is 2.33. The molecule has 43 heavy (non-hydrogen) atoms. The van der Waals surface area contributed by atoms with E-state index in [4.69, 9.17) is 11.6 Å². The van der Waals surface area contributed by atoms with Gasteiger partial charge in [-0.15, -0.1) is 4.68 Å². The van der Waals surface area contributed by atoms with Gasteiger partial charge < -0.3 is 4.57 Å². The normalized spacial score (nSPS) is 12.4. The quantitative estimate of drug-likeness (QED) is 0.208. The maximum Gasteiger partial charge on any atom is 0.433 e. The van der Waals surface area contributed by atoms with Crippen LogP contribution in [0.3, 0.4) is 0 Å². The van der Waals surface area contributed by atoms with Gasteiger partial charge in [0.05, 0.1) is 29.0 Å². The van der Waals surface area contributed by atoms with Crippen LogP contribution in [0.4, 0.5) is 17.6 Å². The molecule has 0 saturated heterocycles. The zero-order chi connectivity index (χ0) is 30.1. The molecule has 1 atom stereocenters. The van der Waals surface area contributed by atoms with Crippen LogP contribution in [0, 0.1) is 5.82 Å². The molecule has 0 bridgehead atoms. The standard InChI is InChI=1S/C28H18ClF4N9O/c29-20-5-7-22(42-16-36-38-39-42)26(27(20)30)18-4-6-21(35-12-18)23(15-40-10-2-1-3-25(40)43)41-14-19(13-37-41)17-8-9-34-24(11-17)28(31,32)33/h1-14,16,23H,15H2/p+1. The minimum absolute atomic E-state index is 0.0916. The van der Waals surface area contributed by atoms with Gasteiger partial charge in [-0.3, -0.25) is 19.4 Å². The molecule has 15 heteroatoms. The van der Waals surface area contributed by atoms with Gasteiger partial charge in [0.15, 0.2) is 11.0 Å². The van der Waals surface area contributed by atoms with E-state index in [9.17, 15) is 18.0 Å². The Hall–Kier alpha value is -5.24. The first-order valence-electron chi connectivity index (χ1n) is 12.6. The molecule has 0 aliphatic rings. The molecule has 1 unspecified atom stereocenters. The van der Waals surface area contributed by atoms with E-state index in [1.165, 1.54) is 50.9 Å². The monoisotopic (exact) mass is 608 g/mol. The summed E-state index contributed by atoms with van der Waals surface area (Å²) >= 11 is 6.10. The second-order valence-corrected chi connectivity index (χ2v) is 9.78. The smallest absolute Gasteiger partial charge is 0.313 e. The van der Waals surface area contributed by atoms with Crippen LogP contribution in [0.1, 0.15) is 17.4 Å². The Morgan fingerprint density at radius 2 is 1.86 bits per heavy atom. The van der Waals surface area contributed by atoms with Crippen molar-refractivity contribution in [1.82, 2.24) is 39.8 Å². The number of pyridine rings is 3. The molecule has 6 rings (SSSR count). The predicted molar refractivity (Wildman–Crippen MR) is 145 cm³/mol. The van der Waals surface area contributed by atoms with Crippen molar-refractivity contribution < 1.29 is 22.2 Å². The fraction of sp³-hybridized carbons (Fsp3) is 0.107. The SMILES string of the molecule is O=c1ccccn1CC(c1ccc(-c2c(-[n+]3cnn[nH]3)ccc(Cl)c2F)cn1)n1cc(-c2ccnc(C(F)(F)F)c2)cn1. The minimum atomic E-state index is -4.61. The fourth-order valence-corrected chi connectivity index (χ4v) is 4.75. The third-order valence-corrected chi connectivity index (χ3v) is 6.99. The molecule has 0 amide bonds. The van der Waals surface area contributed by atoms with Crippen molar-refractivity contribution >= 4 is 11.6 Å². The van der Waals surface area contributed by atoms with E-state index in [-0.39, 0.29) is 28.3 Å². The lowest BCUT2D eigenvalue weighted by Crippen LogP contribution is -2.33. The van der Waals surface area contributed by atoms with E-state index in [1.54, 1.807) is 42.7 Å². The first-order chi connectivity index (χ1) is 20.7. The van der Waals surface area contributed by atoms with E-state index in [1.807, 2.05) is 0 Å². The van der Waals surface area contributed by atoms with E-state index in [2.05, 4.69) is 30.6 Å². The molecule has 0 radical (unpaired) electrons. The topological polar surface area (TPSA) is 111 Å². The summed E-state index contributed by atoms with van der Waals surface area (Å²) in [5, 5.41) is 14.3. The van der Waals surface area contributed by atoms with Crippen LogP contribution in [0.2, 0.25) is 5.02 Å². The molecule has 1 aromatic carbocycles. The van der Waals surface area contributed by atoms with Crippen molar-refractivity contribution in [3.63, 3.8) is 0 Å². The number of aromatic amines is 1. The number of halogens is 5. The summed E-state index contributed by atoms with van der Waals surface area (Å²) in [5.74, 6) is -0.671. The molecule has 10 nitrogen and oxygen atoms in total. The Balaban J connectivity index is 1.41. The van der Waals surface area contributed by atoms with Crippen LogP contribution in [-0.2, 0) is 12.7 Å². The van der Waals surface area contributed by atoms with E-state index < -0.39 is 23.7 Å². The second-order valence-electron chi connectivity index (χ2n) is 9.37. The average molecular weight is 609 g/mol. The number of benzene rings is 1. The minimum Gasteiger partial charge on any atom is -0.313 e. The highest BCUT2D eigenvalue weighted by atomic mass is 35.5. The first-order valence-corrected chi connectivity index (χ1v) is 13.0. The maximum absolute atomic E-state index is 15.3. The number of rotatable bonds is 7. The van der Waals surface area contributed by atoms with Crippen molar-refractivity contribution in [2.24, 2.45) is 0 Å². The highest BCUT2D eigenvalue weighted by molar-refractivity contribution is 6.31. The van der Waals surface area contributed by atoms with Crippen molar-refractivity contribution in [3.8, 4) is 27.9 Å². The number of alkyl halides is 3. The molecule has 216 valence electrons. The molecule has 0 spiro atoms. The molecule has 0 aliphatic carbocycles. The zero-order valence-electron chi connectivity index (χ0n) is 21.8. The second kappa shape index (κ2) is 11.2. The van der Waals surface area contributed by atoms with Crippen molar-refractivity contribution in [3.05, 3.63) is 124 Å². The van der Waals surface area contributed by atoms with Crippen LogP contribution in [0.25, 0.3) is 27.9 Å². The number of tetrazole rings is 1. The van der Waals surface area contributed by atoms with Crippen LogP contribution in [-0.4, -0.2) is 39.8 Å². The van der Waals surface area contributed by atoms with E-state index in [0.717, 1.165) is 12.3 Å². The van der Waals surface area contributed by atoms with Gasteiger partial charge in [0.25, 0.3) is 11.9 Å². The van der Waals surface area contributed by atoms with Crippen LogP contribution >= 0.6 is 11.6 Å². The third kappa shape index (κ3) is 5.64. The van der Waals surface area contributed by atoms with Gasteiger partial charge in [0.2, 0.25) is 0 Å². The van der Waals surface area contributed by atoms with Crippen LogP contribution in [0.5, 0.6) is 0 Å². The van der Waals surface area contributed by atoms with Gasteiger partial charge in [-0.25, -0.2) is 4.39 Å². The maximum atomic E-state index is 15.3.